The van der Waals surface area contributed by atoms with E-state index in [-0.39, 0.29) is 23.3 Å². The molecule has 0 saturated heterocycles. The van der Waals surface area contributed by atoms with E-state index >= 15 is 0 Å². The second-order valence-electron chi connectivity index (χ2n) is 8.87. The highest BCUT2D eigenvalue weighted by Gasteiger charge is 2.41. The molecule has 1 unspecified atom stereocenters. The van der Waals surface area contributed by atoms with Crippen molar-refractivity contribution in [3.05, 3.63) is 86.8 Å². The van der Waals surface area contributed by atoms with Crippen LogP contribution in [0.2, 0.25) is 0 Å². The van der Waals surface area contributed by atoms with E-state index < -0.39 is 5.92 Å². The van der Waals surface area contributed by atoms with Gasteiger partial charge in [-0.25, -0.2) is 0 Å². The Kier molecular flexibility index (Phi) is 7.65. The number of aromatic nitrogens is 2. The summed E-state index contributed by atoms with van der Waals surface area (Å²) in [5.41, 5.74) is 10.9. The van der Waals surface area contributed by atoms with Gasteiger partial charge >= 0.3 is 0 Å². The van der Waals surface area contributed by atoms with E-state index in [1.807, 2.05) is 55.5 Å². The van der Waals surface area contributed by atoms with Gasteiger partial charge in [-0.15, -0.1) is 10.2 Å². The van der Waals surface area contributed by atoms with Gasteiger partial charge in [0, 0.05) is 27.9 Å². The maximum Gasteiger partial charge on any atom is 0.234 e. The lowest BCUT2D eigenvalue weighted by Crippen LogP contribution is -2.38. The average Bonchev–Trinajstić information content (AvgIpc) is 3.36. The molecule has 0 radical (unpaired) electrons. The Balaban J connectivity index is 1.43. The lowest BCUT2D eigenvalue weighted by molar-refractivity contribution is -0.116. The first-order chi connectivity index (χ1) is 18.4. The number of nitrogens with zero attached hydrogens (tertiary/aromatic N) is 4. The summed E-state index contributed by atoms with van der Waals surface area (Å²) in [5.74, 6) is -0.249. The maximum absolute atomic E-state index is 13.3. The zero-order chi connectivity index (χ0) is 26.8. The SMILES string of the molecule is Cc1ccccc1C1C(C#N)=C(N)N(c2nnc(SCC(=O)Nc3cccc(Br)c3)s2)C2=C1C(=O)CCC2. The van der Waals surface area contributed by atoms with Crippen LogP contribution in [0, 0.1) is 18.3 Å². The molecule has 2 aromatic carbocycles. The van der Waals surface area contributed by atoms with Gasteiger partial charge in [-0.3, -0.25) is 14.5 Å². The second-order valence-corrected chi connectivity index (χ2v) is 12.0. The van der Waals surface area contributed by atoms with Crippen molar-refractivity contribution >= 4 is 61.5 Å². The van der Waals surface area contributed by atoms with Crippen molar-refractivity contribution in [2.45, 2.75) is 36.4 Å². The van der Waals surface area contributed by atoms with Crippen LogP contribution in [0.25, 0.3) is 0 Å². The highest BCUT2D eigenvalue weighted by atomic mass is 79.9. The number of rotatable bonds is 6. The Morgan fingerprint density at radius 2 is 2.08 bits per heavy atom. The van der Waals surface area contributed by atoms with Crippen LogP contribution in [0.15, 0.2) is 80.0 Å². The predicted molar refractivity (Wildman–Crippen MR) is 153 cm³/mol. The quantitative estimate of drug-likeness (QED) is 0.345. The first kappa shape index (κ1) is 26.2. The monoisotopic (exact) mass is 606 g/mol. The van der Waals surface area contributed by atoms with E-state index in [0.717, 1.165) is 21.3 Å². The van der Waals surface area contributed by atoms with Crippen molar-refractivity contribution in [2.75, 3.05) is 16.0 Å². The molecule has 1 aliphatic carbocycles. The van der Waals surface area contributed by atoms with Gasteiger partial charge in [0.2, 0.25) is 11.0 Å². The third kappa shape index (κ3) is 5.12. The molecule has 192 valence electrons. The molecule has 1 atom stereocenters. The molecule has 1 amide bonds. The van der Waals surface area contributed by atoms with Crippen molar-refractivity contribution in [1.82, 2.24) is 10.2 Å². The number of hydrogen-bond acceptors (Lipinski definition) is 9. The van der Waals surface area contributed by atoms with Gasteiger partial charge < -0.3 is 11.1 Å². The summed E-state index contributed by atoms with van der Waals surface area (Å²) in [4.78, 5) is 27.4. The van der Waals surface area contributed by atoms with Crippen molar-refractivity contribution in [2.24, 2.45) is 5.73 Å². The molecule has 3 aromatic rings. The third-order valence-corrected chi connectivity index (χ3v) is 8.97. The number of Topliss-reactive ketones (excluding diaryl/α,β-unsaturated/α-hetero) is 1. The number of nitrogens with one attached hydrogen (secondary N) is 1. The van der Waals surface area contributed by atoms with E-state index in [9.17, 15) is 14.9 Å². The summed E-state index contributed by atoms with van der Waals surface area (Å²) in [6, 6.07) is 17.4. The summed E-state index contributed by atoms with van der Waals surface area (Å²) >= 11 is 5.93. The van der Waals surface area contributed by atoms with Crippen molar-refractivity contribution in [1.29, 1.82) is 5.26 Å². The highest BCUT2D eigenvalue weighted by Crippen LogP contribution is 2.47. The normalized spacial score (nSPS) is 17.3. The van der Waals surface area contributed by atoms with Gasteiger partial charge in [0.25, 0.3) is 0 Å². The molecule has 2 aliphatic rings. The van der Waals surface area contributed by atoms with Gasteiger partial charge in [-0.2, -0.15) is 5.26 Å². The van der Waals surface area contributed by atoms with E-state index in [1.54, 1.807) is 4.90 Å². The summed E-state index contributed by atoms with van der Waals surface area (Å²) in [5, 5.41) is 22.1. The third-order valence-electron chi connectivity index (χ3n) is 6.43. The molecule has 2 heterocycles. The van der Waals surface area contributed by atoms with Crippen LogP contribution in [0.5, 0.6) is 0 Å². The van der Waals surface area contributed by atoms with Crippen LogP contribution in [-0.2, 0) is 9.59 Å². The number of halogens is 1. The molecule has 8 nitrogen and oxygen atoms in total. The zero-order valence-corrected chi connectivity index (χ0v) is 23.6. The minimum absolute atomic E-state index is 0.0214. The molecule has 0 fully saturated rings. The number of nitriles is 1. The average molecular weight is 608 g/mol. The molecular formula is C27H23BrN6O2S2. The van der Waals surface area contributed by atoms with Crippen molar-refractivity contribution < 1.29 is 9.59 Å². The molecular weight excluding hydrogens is 584 g/mol. The predicted octanol–water partition coefficient (Wildman–Crippen LogP) is 5.64. The summed E-state index contributed by atoms with van der Waals surface area (Å²) in [6.45, 7) is 1.97. The van der Waals surface area contributed by atoms with Crippen LogP contribution >= 0.6 is 39.0 Å². The topological polar surface area (TPSA) is 125 Å². The largest absolute Gasteiger partial charge is 0.384 e. The number of aryl methyl sites for hydroxylation is 1. The summed E-state index contributed by atoms with van der Waals surface area (Å²) < 4.78 is 1.46. The van der Waals surface area contributed by atoms with Crippen LogP contribution in [-0.4, -0.2) is 27.6 Å². The van der Waals surface area contributed by atoms with E-state index in [4.69, 9.17) is 5.73 Å². The Morgan fingerprint density at radius 1 is 1.26 bits per heavy atom. The first-order valence-electron chi connectivity index (χ1n) is 11.9. The fourth-order valence-corrected chi connectivity index (χ4v) is 6.85. The van der Waals surface area contributed by atoms with Crippen LogP contribution < -0.4 is 16.0 Å². The number of carbonyl (C=O) groups is 2. The number of ketones is 1. The smallest absolute Gasteiger partial charge is 0.234 e. The number of hydrogen-bond donors (Lipinski definition) is 2. The minimum atomic E-state index is -0.510. The summed E-state index contributed by atoms with van der Waals surface area (Å²) in [6.07, 6.45) is 1.76. The van der Waals surface area contributed by atoms with Crippen LogP contribution in [0.1, 0.15) is 36.3 Å². The van der Waals surface area contributed by atoms with Crippen LogP contribution in [0.4, 0.5) is 10.8 Å². The van der Waals surface area contributed by atoms with E-state index in [2.05, 4.69) is 37.5 Å². The molecule has 3 N–H and O–H groups in total. The number of amides is 1. The first-order valence-corrected chi connectivity index (χ1v) is 14.5. The number of nitrogens with two attached hydrogens (primary N) is 1. The highest BCUT2D eigenvalue weighted by molar-refractivity contribution is 9.10. The molecule has 0 saturated carbocycles. The van der Waals surface area contributed by atoms with Crippen molar-refractivity contribution in [3.63, 3.8) is 0 Å². The number of anilines is 2. The lowest BCUT2D eigenvalue weighted by atomic mass is 9.75. The zero-order valence-electron chi connectivity index (χ0n) is 20.4. The minimum Gasteiger partial charge on any atom is -0.384 e. The molecule has 11 heteroatoms. The van der Waals surface area contributed by atoms with Gasteiger partial charge in [0.1, 0.15) is 5.82 Å². The van der Waals surface area contributed by atoms with E-state index in [0.29, 0.717) is 45.6 Å². The van der Waals surface area contributed by atoms with Crippen molar-refractivity contribution in [3.8, 4) is 6.07 Å². The number of benzene rings is 2. The Hall–Kier alpha value is -3.46. The molecule has 1 aliphatic heterocycles. The number of carbonyl (C=O) groups excluding carboxylic acids is 2. The van der Waals surface area contributed by atoms with Gasteiger partial charge in [0.05, 0.1) is 23.3 Å². The summed E-state index contributed by atoms with van der Waals surface area (Å²) in [7, 11) is 0. The molecule has 38 heavy (non-hydrogen) atoms. The van der Waals surface area contributed by atoms with Gasteiger partial charge in [-0.1, -0.05) is 69.4 Å². The number of allylic oxidation sites excluding steroid dienone is 3. The van der Waals surface area contributed by atoms with Gasteiger partial charge in [-0.05, 0) is 49.1 Å². The van der Waals surface area contributed by atoms with E-state index in [1.165, 1.54) is 23.1 Å². The van der Waals surface area contributed by atoms with Gasteiger partial charge in [0.15, 0.2) is 10.1 Å². The standard InChI is InChI=1S/C27H23BrN6O2S2/c1-15-6-2-3-9-18(15)23-19(13-29)25(30)34(20-10-5-11-21(35)24(20)23)26-32-33-27(38-26)37-14-22(36)31-17-8-4-7-16(28)12-17/h2-4,6-9,12,23H,5,10-11,14,30H2,1H3,(H,31,36). The lowest BCUT2D eigenvalue weighted by Gasteiger charge is -2.38. The molecule has 0 bridgehead atoms. The second kappa shape index (κ2) is 11.1. The Labute approximate surface area is 236 Å². The Morgan fingerprint density at radius 3 is 2.84 bits per heavy atom. The molecule has 1 aromatic heterocycles. The maximum atomic E-state index is 13.3. The fourth-order valence-electron chi connectivity index (χ4n) is 4.77. The fraction of sp³-hybridized carbons (Fsp3) is 0.222. The molecule has 5 rings (SSSR count). The van der Waals surface area contributed by atoms with Crippen LogP contribution in [0.3, 0.4) is 0 Å². The molecule has 0 spiro atoms. The number of thioether (sulfide) groups is 1. The Bertz CT molecular complexity index is 1540.